The van der Waals surface area contributed by atoms with Gasteiger partial charge in [0.2, 0.25) is 0 Å². The summed E-state index contributed by atoms with van der Waals surface area (Å²) in [7, 11) is 1.47. The van der Waals surface area contributed by atoms with Gasteiger partial charge >= 0.3 is 5.97 Å². The van der Waals surface area contributed by atoms with E-state index in [1.165, 1.54) is 7.11 Å². The Bertz CT molecular complexity index is 277. The quantitative estimate of drug-likeness (QED) is 0.740. The second kappa shape index (κ2) is 5.85. The Hall–Kier alpha value is 0.130. The maximum Gasteiger partial charge on any atom is 0.311 e. The molecule has 0 aromatic heterocycles. The molecule has 2 saturated heterocycles. The molecule has 2 aliphatic heterocycles. The lowest BCUT2D eigenvalue weighted by Crippen LogP contribution is -2.47. The second-order valence-electron chi connectivity index (χ2n) is 4.43. The van der Waals surface area contributed by atoms with E-state index in [0.29, 0.717) is 0 Å². The number of thioether (sulfide) groups is 2. The van der Waals surface area contributed by atoms with Crippen LogP contribution in [-0.2, 0) is 14.3 Å². The second-order valence-corrected chi connectivity index (χ2v) is 7.53. The molecule has 0 aromatic rings. The molecule has 0 radical (unpaired) electrons. The third kappa shape index (κ3) is 2.61. The average molecular weight is 276 g/mol. The minimum Gasteiger partial charge on any atom is -0.469 e. The molecule has 2 heterocycles. The highest BCUT2D eigenvalue weighted by molar-refractivity contribution is 8.21. The van der Waals surface area contributed by atoms with Crippen LogP contribution in [0.2, 0.25) is 0 Å². The normalized spacial score (nSPS) is 32.4. The maximum atomic E-state index is 11.9. The highest BCUT2D eigenvalue weighted by atomic mass is 32.2. The first-order chi connectivity index (χ1) is 8.23. The minimum absolute atomic E-state index is 0.0196. The van der Waals surface area contributed by atoms with Crippen molar-refractivity contribution in [3.63, 3.8) is 0 Å². The minimum atomic E-state index is -0.101. The number of rotatable bonds is 3. The summed E-state index contributed by atoms with van der Waals surface area (Å²) in [4.78, 5) is 11.9. The van der Waals surface area contributed by atoms with Crippen LogP contribution in [0.1, 0.15) is 26.2 Å². The zero-order valence-electron chi connectivity index (χ0n) is 10.4. The first-order valence-corrected chi connectivity index (χ1v) is 8.18. The lowest BCUT2D eigenvalue weighted by Gasteiger charge is -2.41. The largest absolute Gasteiger partial charge is 0.469 e. The third-order valence-electron chi connectivity index (χ3n) is 3.53. The van der Waals surface area contributed by atoms with Crippen molar-refractivity contribution in [2.45, 2.75) is 36.4 Å². The summed E-state index contributed by atoms with van der Waals surface area (Å²) >= 11 is 3.92. The molecule has 98 valence electrons. The van der Waals surface area contributed by atoms with Crippen molar-refractivity contribution >= 4 is 29.5 Å². The van der Waals surface area contributed by atoms with E-state index in [2.05, 4.69) is 6.92 Å². The summed E-state index contributed by atoms with van der Waals surface area (Å²) < 4.78 is 10.9. The standard InChI is InChI=1S/C12H20O3S2/c1-3-12(16-7-8-17-12)10-9(11(13)14-2)5-4-6-15-10/h9-10H,3-8H2,1-2H3. The fourth-order valence-corrected chi connectivity index (χ4v) is 6.04. The summed E-state index contributed by atoms with van der Waals surface area (Å²) in [5, 5.41) is 0. The molecule has 2 aliphatic rings. The molecule has 0 amide bonds. The van der Waals surface area contributed by atoms with Crippen molar-refractivity contribution in [1.29, 1.82) is 0 Å². The van der Waals surface area contributed by atoms with E-state index in [1.54, 1.807) is 0 Å². The molecule has 0 bridgehead atoms. The van der Waals surface area contributed by atoms with Gasteiger partial charge in [0.15, 0.2) is 0 Å². The van der Waals surface area contributed by atoms with Crippen molar-refractivity contribution in [2.75, 3.05) is 25.2 Å². The van der Waals surface area contributed by atoms with Gasteiger partial charge in [-0.2, -0.15) is 0 Å². The Labute approximate surface area is 111 Å². The molecular weight excluding hydrogens is 256 g/mol. The van der Waals surface area contributed by atoms with E-state index in [4.69, 9.17) is 9.47 Å². The third-order valence-corrected chi connectivity index (χ3v) is 7.33. The first kappa shape index (κ1) is 13.6. The number of ether oxygens (including phenoxy) is 2. The van der Waals surface area contributed by atoms with Crippen LogP contribution in [0.25, 0.3) is 0 Å². The smallest absolute Gasteiger partial charge is 0.311 e. The van der Waals surface area contributed by atoms with Crippen LogP contribution >= 0.6 is 23.5 Å². The van der Waals surface area contributed by atoms with Gasteiger partial charge in [0, 0.05) is 18.1 Å². The van der Waals surface area contributed by atoms with Gasteiger partial charge in [0.1, 0.15) is 0 Å². The van der Waals surface area contributed by atoms with Crippen LogP contribution in [0.5, 0.6) is 0 Å². The van der Waals surface area contributed by atoms with Gasteiger partial charge in [-0.25, -0.2) is 0 Å². The van der Waals surface area contributed by atoms with Gasteiger partial charge in [-0.15, -0.1) is 23.5 Å². The van der Waals surface area contributed by atoms with Crippen LogP contribution in [0.3, 0.4) is 0 Å². The van der Waals surface area contributed by atoms with E-state index >= 15 is 0 Å². The molecule has 0 spiro atoms. The predicted octanol–water partition coefficient (Wildman–Crippen LogP) is 2.54. The molecule has 2 unspecified atom stereocenters. The molecule has 2 rings (SSSR count). The van der Waals surface area contributed by atoms with E-state index < -0.39 is 0 Å². The van der Waals surface area contributed by atoms with Crippen molar-refractivity contribution < 1.29 is 14.3 Å². The van der Waals surface area contributed by atoms with Crippen LogP contribution in [0, 0.1) is 5.92 Å². The summed E-state index contributed by atoms with van der Waals surface area (Å²) in [5.74, 6) is 2.14. The van der Waals surface area contributed by atoms with Crippen LogP contribution < -0.4 is 0 Å². The lowest BCUT2D eigenvalue weighted by molar-refractivity contribution is -0.155. The Kier molecular flexibility index (Phi) is 4.66. The van der Waals surface area contributed by atoms with Gasteiger partial charge in [-0.1, -0.05) is 6.92 Å². The predicted molar refractivity (Wildman–Crippen MR) is 72.4 cm³/mol. The molecule has 0 aromatic carbocycles. The molecule has 3 nitrogen and oxygen atoms in total. The highest BCUT2D eigenvalue weighted by Gasteiger charge is 2.49. The Morgan fingerprint density at radius 2 is 2.18 bits per heavy atom. The molecule has 0 saturated carbocycles. The van der Waals surface area contributed by atoms with Crippen molar-refractivity contribution in [1.82, 2.24) is 0 Å². The summed E-state index contributed by atoms with van der Waals surface area (Å²) in [6.45, 7) is 2.97. The monoisotopic (exact) mass is 276 g/mol. The maximum absolute atomic E-state index is 11.9. The fourth-order valence-electron chi connectivity index (χ4n) is 2.65. The number of hydrogen-bond acceptors (Lipinski definition) is 5. The zero-order chi connectivity index (χ0) is 12.3. The molecule has 2 atom stereocenters. The number of carbonyl (C=O) groups is 1. The molecule has 5 heteroatoms. The lowest BCUT2D eigenvalue weighted by atomic mass is 9.91. The summed E-state index contributed by atoms with van der Waals surface area (Å²) in [6, 6.07) is 0. The van der Waals surface area contributed by atoms with E-state index in [-0.39, 0.29) is 22.1 Å². The molecule has 0 N–H and O–H groups in total. The van der Waals surface area contributed by atoms with Gasteiger partial charge in [-0.05, 0) is 19.3 Å². The average Bonchev–Trinajstić information content (AvgIpc) is 2.88. The van der Waals surface area contributed by atoms with Gasteiger partial charge < -0.3 is 9.47 Å². The van der Waals surface area contributed by atoms with Crippen LogP contribution in [0.4, 0.5) is 0 Å². The summed E-state index contributed by atoms with van der Waals surface area (Å²) in [5.41, 5.74) is 0. The van der Waals surface area contributed by atoms with Crippen LogP contribution in [-0.4, -0.2) is 41.4 Å². The Balaban J connectivity index is 2.17. The number of esters is 1. The molecule has 0 aliphatic carbocycles. The molecule has 17 heavy (non-hydrogen) atoms. The number of carbonyl (C=O) groups excluding carboxylic acids is 1. The van der Waals surface area contributed by atoms with Crippen molar-refractivity contribution in [3.05, 3.63) is 0 Å². The van der Waals surface area contributed by atoms with Crippen molar-refractivity contribution in [2.24, 2.45) is 5.92 Å². The fraction of sp³-hybridized carbons (Fsp3) is 0.917. The van der Waals surface area contributed by atoms with E-state index in [1.807, 2.05) is 23.5 Å². The first-order valence-electron chi connectivity index (χ1n) is 6.21. The molecule has 2 fully saturated rings. The number of methoxy groups -OCH3 is 1. The SMILES string of the molecule is CCC1(C2OCCCC2C(=O)OC)SCCS1. The Morgan fingerprint density at radius 1 is 1.47 bits per heavy atom. The summed E-state index contributed by atoms with van der Waals surface area (Å²) in [6.07, 6.45) is 2.93. The number of hydrogen-bond donors (Lipinski definition) is 0. The zero-order valence-corrected chi connectivity index (χ0v) is 12.1. The van der Waals surface area contributed by atoms with E-state index in [9.17, 15) is 4.79 Å². The van der Waals surface area contributed by atoms with Gasteiger partial charge in [0.05, 0.1) is 23.2 Å². The van der Waals surface area contributed by atoms with Crippen molar-refractivity contribution in [3.8, 4) is 0 Å². The Morgan fingerprint density at radius 3 is 2.76 bits per heavy atom. The van der Waals surface area contributed by atoms with Gasteiger partial charge in [0.25, 0.3) is 0 Å². The topological polar surface area (TPSA) is 35.5 Å². The van der Waals surface area contributed by atoms with E-state index in [0.717, 1.165) is 37.4 Å². The van der Waals surface area contributed by atoms with Crippen LogP contribution in [0.15, 0.2) is 0 Å². The van der Waals surface area contributed by atoms with Gasteiger partial charge in [-0.3, -0.25) is 4.79 Å². The molecular formula is C12H20O3S2. The highest BCUT2D eigenvalue weighted by Crippen LogP contribution is 2.52.